The highest BCUT2D eigenvalue weighted by molar-refractivity contribution is 6.30. The molecule has 0 radical (unpaired) electrons. The summed E-state index contributed by atoms with van der Waals surface area (Å²) in [6, 6.07) is 22.0. The molecule has 172 valence electrons. The van der Waals surface area contributed by atoms with Gasteiger partial charge in [-0.3, -0.25) is 10.1 Å². The number of hydrogen-bond acceptors (Lipinski definition) is 4. The van der Waals surface area contributed by atoms with E-state index in [0.29, 0.717) is 23.2 Å². The Morgan fingerprint density at radius 2 is 1.68 bits per heavy atom. The van der Waals surface area contributed by atoms with E-state index in [4.69, 9.17) is 16.7 Å². The molecule has 1 aliphatic rings. The minimum atomic E-state index is 0.324. The van der Waals surface area contributed by atoms with Crippen LogP contribution in [0.3, 0.4) is 0 Å². The van der Waals surface area contributed by atoms with Crippen LogP contribution >= 0.6 is 11.6 Å². The summed E-state index contributed by atoms with van der Waals surface area (Å²) >= 11 is 6.12. The van der Waals surface area contributed by atoms with Crippen molar-refractivity contribution in [3.05, 3.63) is 95.4 Å². The van der Waals surface area contributed by atoms with Crippen molar-refractivity contribution in [3.8, 4) is 22.4 Å². The highest BCUT2D eigenvalue weighted by Gasteiger charge is 2.28. The SMILES string of the molecule is O/N=C(\Cc1ccccc1)N1CCC(c2[nH]nc(-c3ccc(Cl)cc3)c2-c2ccncc2)CC1. The Kier molecular flexibility index (Phi) is 6.58. The van der Waals surface area contributed by atoms with Crippen LogP contribution in [0.4, 0.5) is 0 Å². The maximum Gasteiger partial charge on any atom is 0.148 e. The minimum absolute atomic E-state index is 0.324. The van der Waals surface area contributed by atoms with Gasteiger partial charge in [-0.15, -0.1) is 0 Å². The van der Waals surface area contributed by atoms with E-state index in [-0.39, 0.29) is 0 Å². The molecule has 5 rings (SSSR count). The van der Waals surface area contributed by atoms with Gasteiger partial charge in [0.15, 0.2) is 0 Å². The van der Waals surface area contributed by atoms with E-state index in [2.05, 4.69) is 32.3 Å². The van der Waals surface area contributed by atoms with Crippen LogP contribution in [0.5, 0.6) is 0 Å². The highest BCUT2D eigenvalue weighted by Crippen LogP contribution is 2.40. The molecule has 2 aromatic heterocycles. The van der Waals surface area contributed by atoms with Gasteiger partial charge in [0.2, 0.25) is 0 Å². The smallest absolute Gasteiger partial charge is 0.148 e. The van der Waals surface area contributed by atoms with E-state index in [1.54, 1.807) is 0 Å². The lowest BCUT2D eigenvalue weighted by Crippen LogP contribution is -2.39. The fourth-order valence-electron chi connectivity index (χ4n) is 4.69. The summed E-state index contributed by atoms with van der Waals surface area (Å²) in [4.78, 5) is 6.38. The van der Waals surface area contributed by atoms with Crippen LogP contribution < -0.4 is 0 Å². The number of rotatable bonds is 5. The molecule has 0 aliphatic carbocycles. The van der Waals surface area contributed by atoms with Crippen LogP contribution in [0.1, 0.15) is 30.0 Å². The summed E-state index contributed by atoms with van der Waals surface area (Å²) in [6.45, 7) is 1.64. The fraction of sp³-hybridized carbons (Fsp3) is 0.222. The molecule has 0 atom stereocenters. The number of piperidine rings is 1. The molecule has 34 heavy (non-hydrogen) atoms. The highest BCUT2D eigenvalue weighted by atomic mass is 35.5. The second kappa shape index (κ2) is 10.1. The molecule has 2 N–H and O–H groups in total. The molecule has 0 spiro atoms. The van der Waals surface area contributed by atoms with Crippen molar-refractivity contribution in [1.82, 2.24) is 20.1 Å². The lowest BCUT2D eigenvalue weighted by atomic mass is 9.87. The maximum atomic E-state index is 9.68. The largest absolute Gasteiger partial charge is 0.409 e. The fourth-order valence-corrected chi connectivity index (χ4v) is 4.82. The van der Waals surface area contributed by atoms with Crippen molar-refractivity contribution in [3.63, 3.8) is 0 Å². The zero-order valence-electron chi connectivity index (χ0n) is 18.7. The number of hydrogen-bond donors (Lipinski definition) is 2. The second-order valence-corrected chi connectivity index (χ2v) is 8.98. The molecule has 0 saturated carbocycles. The lowest BCUT2D eigenvalue weighted by Gasteiger charge is -2.33. The number of aromatic nitrogens is 3. The van der Waals surface area contributed by atoms with Gasteiger partial charge in [0.25, 0.3) is 0 Å². The molecule has 2 aromatic carbocycles. The molecule has 7 heteroatoms. The van der Waals surface area contributed by atoms with Crippen LogP contribution in [0, 0.1) is 0 Å². The van der Waals surface area contributed by atoms with Crippen molar-refractivity contribution < 1.29 is 5.21 Å². The second-order valence-electron chi connectivity index (χ2n) is 8.54. The minimum Gasteiger partial charge on any atom is -0.409 e. The number of oxime groups is 1. The molecular weight excluding hydrogens is 446 g/mol. The monoisotopic (exact) mass is 471 g/mol. The van der Waals surface area contributed by atoms with Gasteiger partial charge >= 0.3 is 0 Å². The van der Waals surface area contributed by atoms with Crippen LogP contribution in [0.2, 0.25) is 5.02 Å². The molecule has 3 heterocycles. The van der Waals surface area contributed by atoms with Crippen LogP contribution in [-0.2, 0) is 6.42 Å². The van der Waals surface area contributed by atoms with Gasteiger partial charge in [0.1, 0.15) is 11.5 Å². The Morgan fingerprint density at radius 1 is 0.971 bits per heavy atom. The summed E-state index contributed by atoms with van der Waals surface area (Å²) in [5.74, 6) is 1.04. The van der Waals surface area contributed by atoms with Gasteiger partial charge < -0.3 is 10.1 Å². The predicted octanol–water partition coefficient (Wildman–Crippen LogP) is 6.00. The lowest BCUT2D eigenvalue weighted by molar-refractivity contribution is 0.270. The van der Waals surface area contributed by atoms with Crippen molar-refractivity contribution >= 4 is 17.4 Å². The van der Waals surface area contributed by atoms with E-state index in [0.717, 1.165) is 59.6 Å². The van der Waals surface area contributed by atoms with Crippen LogP contribution in [-0.4, -0.2) is 44.2 Å². The Balaban J connectivity index is 1.39. The first-order chi connectivity index (χ1) is 16.7. The third-order valence-corrected chi connectivity index (χ3v) is 6.72. The van der Waals surface area contributed by atoms with Crippen molar-refractivity contribution in [2.75, 3.05) is 13.1 Å². The van der Waals surface area contributed by atoms with E-state index >= 15 is 0 Å². The zero-order valence-corrected chi connectivity index (χ0v) is 19.5. The number of nitrogens with one attached hydrogen (secondary N) is 1. The van der Waals surface area contributed by atoms with E-state index in [1.165, 1.54) is 0 Å². The van der Waals surface area contributed by atoms with Gasteiger partial charge in [-0.25, -0.2) is 0 Å². The topological polar surface area (TPSA) is 77.4 Å². The molecule has 0 amide bonds. The van der Waals surface area contributed by atoms with Gasteiger partial charge in [-0.1, -0.05) is 59.2 Å². The summed E-state index contributed by atoms with van der Waals surface area (Å²) < 4.78 is 0. The van der Waals surface area contributed by atoms with Gasteiger partial charge in [-0.2, -0.15) is 5.10 Å². The Labute approximate surface area is 203 Å². The third kappa shape index (κ3) is 4.68. The molecule has 0 bridgehead atoms. The van der Waals surface area contributed by atoms with E-state index in [9.17, 15) is 5.21 Å². The van der Waals surface area contributed by atoms with Gasteiger partial charge in [-0.05, 0) is 48.2 Å². The van der Waals surface area contributed by atoms with Crippen LogP contribution in [0.25, 0.3) is 22.4 Å². The Bertz CT molecular complexity index is 1250. The zero-order chi connectivity index (χ0) is 23.3. The molecule has 6 nitrogen and oxygen atoms in total. The molecular formula is C27H26ClN5O. The van der Waals surface area contributed by atoms with Gasteiger partial charge in [0, 0.05) is 59.7 Å². The standard InChI is InChI=1S/C27H26ClN5O/c28-23-8-6-21(7-9-23)26-25(20-10-14-29-15-11-20)27(31-30-26)22-12-16-33(17-13-22)24(32-34)18-19-4-2-1-3-5-19/h1-11,14-15,22,34H,12-13,16-18H2,(H,30,31)/b32-24+. The number of nitrogens with zero attached hydrogens (tertiary/aromatic N) is 4. The first-order valence-corrected chi connectivity index (χ1v) is 11.8. The Morgan fingerprint density at radius 3 is 2.35 bits per heavy atom. The van der Waals surface area contributed by atoms with E-state index in [1.807, 2.05) is 67.0 Å². The normalized spacial score (nSPS) is 15.0. The quantitative estimate of drug-likeness (QED) is 0.162. The van der Waals surface area contributed by atoms with Crippen molar-refractivity contribution in [1.29, 1.82) is 0 Å². The number of H-pyrrole nitrogens is 1. The summed E-state index contributed by atoms with van der Waals surface area (Å²) in [5, 5.41) is 22.1. The number of benzene rings is 2. The molecule has 1 saturated heterocycles. The summed E-state index contributed by atoms with van der Waals surface area (Å²) in [5.41, 5.74) is 6.42. The number of amidine groups is 1. The molecule has 1 aliphatic heterocycles. The van der Waals surface area contributed by atoms with Crippen molar-refractivity contribution in [2.24, 2.45) is 5.16 Å². The average molecular weight is 472 g/mol. The average Bonchev–Trinajstić information content (AvgIpc) is 3.34. The number of likely N-dealkylation sites (tertiary alicyclic amines) is 1. The molecule has 1 fully saturated rings. The maximum absolute atomic E-state index is 9.68. The molecule has 4 aromatic rings. The third-order valence-electron chi connectivity index (χ3n) is 6.47. The summed E-state index contributed by atoms with van der Waals surface area (Å²) in [6.07, 6.45) is 6.12. The van der Waals surface area contributed by atoms with Gasteiger partial charge in [0.05, 0.1) is 0 Å². The first kappa shape index (κ1) is 22.2. The number of pyridine rings is 1. The predicted molar refractivity (Wildman–Crippen MR) is 135 cm³/mol. The Hall–Kier alpha value is -3.64. The first-order valence-electron chi connectivity index (χ1n) is 11.5. The number of halogens is 1. The molecule has 0 unspecified atom stereocenters. The van der Waals surface area contributed by atoms with Crippen LogP contribution in [0.15, 0.2) is 84.3 Å². The van der Waals surface area contributed by atoms with Crippen molar-refractivity contribution in [2.45, 2.75) is 25.2 Å². The van der Waals surface area contributed by atoms with E-state index < -0.39 is 0 Å². The number of aromatic amines is 1. The summed E-state index contributed by atoms with van der Waals surface area (Å²) in [7, 11) is 0.